The van der Waals surface area contributed by atoms with E-state index in [2.05, 4.69) is 98.6 Å². The van der Waals surface area contributed by atoms with Gasteiger partial charge in [-0.15, -0.1) is 0 Å². The molecular formula is C25H18BrN3. The van der Waals surface area contributed by atoms with Crippen LogP contribution in [0.2, 0.25) is 0 Å². The molecule has 0 spiro atoms. The summed E-state index contributed by atoms with van der Waals surface area (Å²) in [6.07, 6.45) is 0. The molecule has 1 N–H and O–H groups in total. The smallest absolute Gasteiger partial charge is 0.138 e. The van der Waals surface area contributed by atoms with Crippen LogP contribution in [0.4, 0.5) is 17.1 Å². The van der Waals surface area contributed by atoms with E-state index in [1.807, 2.05) is 30.3 Å². The molecule has 29 heavy (non-hydrogen) atoms. The number of fused-ring (bicyclic) bond motifs is 1. The third kappa shape index (κ3) is 3.55. The van der Waals surface area contributed by atoms with Gasteiger partial charge in [-0.3, -0.25) is 0 Å². The maximum Gasteiger partial charge on any atom is 0.138 e. The van der Waals surface area contributed by atoms with Crippen molar-refractivity contribution in [3.05, 3.63) is 108 Å². The normalized spacial score (nSPS) is 10.9. The first-order chi connectivity index (χ1) is 14.3. The number of hydrogen-bond acceptors (Lipinski definition) is 2. The van der Waals surface area contributed by atoms with Crippen LogP contribution in [-0.2, 0) is 0 Å². The first kappa shape index (κ1) is 17.7. The van der Waals surface area contributed by atoms with Crippen LogP contribution in [-0.4, -0.2) is 9.97 Å². The minimum Gasteiger partial charge on any atom is -0.338 e. The van der Waals surface area contributed by atoms with Gasteiger partial charge in [0.05, 0.1) is 11.0 Å². The lowest BCUT2D eigenvalue weighted by Crippen LogP contribution is -2.09. The second-order valence-corrected chi connectivity index (χ2v) is 7.72. The molecule has 0 saturated carbocycles. The van der Waals surface area contributed by atoms with Crippen LogP contribution in [0.15, 0.2) is 108 Å². The summed E-state index contributed by atoms with van der Waals surface area (Å²) in [5.74, 6) is 0.871. The van der Waals surface area contributed by atoms with Gasteiger partial charge >= 0.3 is 0 Å². The Morgan fingerprint density at radius 1 is 0.655 bits per heavy atom. The molecule has 3 nitrogen and oxygen atoms in total. The zero-order valence-electron chi connectivity index (χ0n) is 15.6. The number of halogens is 1. The molecule has 1 aromatic heterocycles. The molecule has 0 aliphatic heterocycles. The highest BCUT2D eigenvalue weighted by molar-refractivity contribution is 9.10. The lowest BCUT2D eigenvalue weighted by molar-refractivity contribution is 1.28. The number of anilines is 3. The summed E-state index contributed by atoms with van der Waals surface area (Å²) in [4.78, 5) is 10.4. The maximum absolute atomic E-state index is 4.72. The van der Waals surface area contributed by atoms with Gasteiger partial charge in [-0.1, -0.05) is 52.3 Å². The fourth-order valence-corrected chi connectivity index (χ4v) is 3.85. The van der Waals surface area contributed by atoms with Crippen LogP contribution in [0, 0.1) is 0 Å². The number of nitrogens with zero attached hydrogens (tertiary/aromatic N) is 2. The molecule has 4 heteroatoms. The van der Waals surface area contributed by atoms with Crippen LogP contribution in [0.5, 0.6) is 0 Å². The molecule has 0 amide bonds. The Labute approximate surface area is 177 Å². The van der Waals surface area contributed by atoms with Crippen LogP contribution < -0.4 is 4.90 Å². The molecule has 5 rings (SSSR count). The molecule has 0 radical (unpaired) electrons. The molecule has 1 heterocycles. The SMILES string of the molecule is Brc1ccc2nc(-c3ccc(N(c4ccccc4)c4ccccc4)cc3)[nH]c2c1. The Morgan fingerprint density at radius 2 is 1.24 bits per heavy atom. The Kier molecular flexibility index (Phi) is 4.62. The summed E-state index contributed by atoms with van der Waals surface area (Å²) < 4.78 is 1.04. The molecule has 140 valence electrons. The zero-order chi connectivity index (χ0) is 19.6. The van der Waals surface area contributed by atoms with Crippen LogP contribution in [0.25, 0.3) is 22.4 Å². The monoisotopic (exact) mass is 439 g/mol. The number of H-pyrrole nitrogens is 1. The Balaban J connectivity index is 1.54. The average Bonchev–Trinajstić information content (AvgIpc) is 3.19. The molecule has 0 saturated heterocycles. The molecule has 0 aliphatic rings. The second-order valence-electron chi connectivity index (χ2n) is 6.80. The Hall–Kier alpha value is -3.37. The van der Waals surface area contributed by atoms with Gasteiger partial charge in [0.1, 0.15) is 5.82 Å². The molecule has 0 aliphatic carbocycles. The van der Waals surface area contributed by atoms with Crippen molar-refractivity contribution in [3.63, 3.8) is 0 Å². The van der Waals surface area contributed by atoms with Crippen molar-refractivity contribution in [1.29, 1.82) is 0 Å². The highest BCUT2D eigenvalue weighted by Gasteiger charge is 2.12. The van der Waals surface area contributed by atoms with Crippen molar-refractivity contribution < 1.29 is 0 Å². The molecule has 4 aromatic carbocycles. The van der Waals surface area contributed by atoms with Gasteiger partial charge in [0.15, 0.2) is 0 Å². The first-order valence-corrected chi connectivity index (χ1v) is 10.2. The van der Waals surface area contributed by atoms with Gasteiger partial charge in [0, 0.05) is 27.1 Å². The predicted octanol–water partition coefficient (Wildman–Crippen LogP) is 7.46. The fraction of sp³-hybridized carbons (Fsp3) is 0. The van der Waals surface area contributed by atoms with E-state index in [0.29, 0.717) is 0 Å². The number of aromatic amines is 1. The van der Waals surface area contributed by atoms with E-state index in [0.717, 1.165) is 44.0 Å². The van der Waals surface area contributed by atoms with Gasteiger partial charge in [-0.2, -0.15) is 0 Å². The highest BCUT2D eigenvalue weighted by Crippen LogP contribution is 2.35. The molecule has 0 fully saturated rings. The first-order valence-electron chi connectivity index (χ1n) is 9.44. The van der Waals surface area contributed by atoms with Crippen molar-refractivity contribution in [3.8, 4) is 11.4 Å². The van der Waals surface area contributed by atoms with Gasteiger partial charge in [-0.25, -0.2) is 4.98 Å². The molecule has 0 bridgehead atoms. The Bertz CT molecular complexity index is 1210. The summed E-state index contributed by atoms with van der Waals surface area (Å²) in [5.41, 5.74) is 6.39. The van der Waals surface area contributed by atoms with E-state index in [-0.39, 0.29) is 0 Å². The van der Waals surface area contributed by atoms with E-state index in [9.17, 15) is 0 Å². The van der Waals surface area contributed by atoms with E-state index < -0.39 is 0 Å². The summed E-state index contributed by atoms with van der Waals surface area (Å²) in [7, 11) is 0. The number of nitrogens with one attached hydrogen (secondary N) is 1. The summed E-state index contributed by atoms with van der Waals surface area (Å²) in [5, 5.41) is 0. The van der Waals surface area contributed by atoms with Crippen LogP contribution >= 0.6 is 15.9 Å². The maximum atomic E-state index is 4.72. The predicted molar refractivity (Wildman–Crippen MR) is 124 cm³/mol. The minimum atomic E-state index is 0.871. The number of imidazole rings is 1. The van der Waals surface area contributed by atoms with E-state index >= 15 is 0 Å². The second kappa shape index (κ2) is 7.57. The van der Waals surface area contributed by atoms with E-state index in [4.69, 9.17) is 4.98 Å². The van der Waals surface area contributed by atoms with Crippen molar-refractivity contribution in [2.45, 2.75) is 0 Å². The summed E-state index contributed by atoms with van der Waals surface area (Å²) in [6.45, 7) is 0. The van der Waals surface area contributed by atoms with E-state index in [1.165, 1.54) is 0 Å². The van der Waals surface area contributed by atoms with Crippen molar-refractivity contribution >= 4 is 44.0 Å². The van der Waals surface area contributed by atoms with Crippen molar-refractivity contribution in [2.75, 3.05) is 4.90 Å². The molecule has 0 atom stereocenters. The number of hydrogen-bond donors (Lipinski definition) is 1. The van der Waals surface area contributed by atoms with Crippen molar-refractivity contribution in [1.82, 2.24) is 9.97 Å². The van der Waals surface area contributed by atoms with Gasteiger partial charge in [0.25, 0.3) is 0 Å². The fourth-order valence-electron chi connectivity index (χ4n) is 3.49. The number of benzene rings is 4. The molecule has 5 aromatic rings. The topological polar surface area (TPSA) is 31.9 Å². The zero-order valence-corrected chi connectivity index (χ0v) is 17.2. The van der Waals surface area contributed by atoms with E-state index in [1.54, 1.807) is 0 Å². The lowest BCUT2D eigenvalue weighted by Gasteiger charge is -2.25. The molecular weight excluding hydrogens is 422 g/mol. The highest BCUT2D eigenvalue weighted by atomic mass is 79.9. The largest absolute Gasteiger partial charge is 0.338 e. The van der Waals surface area contributed by atoms with Crippen molar-refractivity contribution in [2.24, 2.45) is 0 Å². The third-order valence-corrected chi connectivity index (χ3v) is 5.36. The minimum absolute atomic E-state index is 0.871. The quantitative estimate of drug-likeness (QED) is 0.315. The lowest BCUT2D eigenvalue weighted by atomic mass is 10.1. The third-order valence-electron chi connectivity index (χ3n) is 4.87. The van der Waals surface area contributed by atoms with Crippen LogP contribution in [0.1, 0.15) is 0 Å². The number of rotatable bonds is 4. The van der Waals surface area contributed by atoms with Crippen LogP contribution in [0.3, 0.4) is 0 Å². The van der Waals surface area contributed by atoms with Gasteiger partial charge < -0.3 is 9.88 Å². The van der Waals surface area contributed by atoms with Gasteiger partial charge in [-0.05, 0) is 66.7 Å². The average molecular weight is 440 g/mol. The Morgan fingerprint density at radius 3 is 1.86 bits per heavy atom. The summed E-state index contributed by atoms with van der Waals surface area (Å²) >= 11 is 3.51. The molecule has 0 unspecified atom stereocenters. The van der Waals surface area contributed by atoms with Gasteiger partial charge in [0.2, 0.25) is 0 Å². The standard InChI is InChI=1S/C25H18BrN3/c26-19-13-16-23-24(17-19)28-25(27-23)18-11-14-22(15-12-18)29(20-7-3-1-4-8-20)21-9-5-2-6-10-21/h1-17H,(H,27,28). The number of aromatic nitrogens is 2. The summed E-state index contributed by atoms with van der Waals surface area (Å²) in [6, 6.07) is 35.4. The number of para-hydroxylation sites is 2.